The predicted molar refractivity (Wildman–Crippen MR) is 65.7 cm³/mol. The summed E-state index contributed by atoms with van der Waals surface area (Å²) in [6.45, 7) is 5.74. The maximum atomic E-state index is 12.1. The van der Waals surface area contributed by atoms with Crippen molar-refractivity contribution < 1.29 is 5.11 Å². The van der Waals surface area contributed by atoms with Gasteiger partial charge >= 0.3 is 0 Å². The van der Waals surface area contributed by atoms with Crippen molar-refractivity contribution in [3.8, 4) is 5.75 Å². The van der Waals surface area contributed by atoms with E-state index in [9.17, 15) is 5.11 Å². The highest BCUT2D eigenvalue weighted by Gasteiger charge is 2.12. The molecule has 1 radical (unpaired) electrons. The van der Waals surface area contributed by atoms with Gasteiger partial charge in [0.15, 0.2) is 5.75 Å². The number of hydrogen-bond donors (Lipinski definition) is 0. The Morgan fingerprint density at radius 3 is 2.62 bits per heavy atom. The highest BCUT2D eigenvalue weighted by atomic mass is 35.5. The molecule has 0 bridgehead atoms. The summed E-state index contributed by atoms with van der Waals surface area (Å²) in [5, 5.41) is 13.3. The van der Waals surface area contributed by atoms with Crippen molar-refractivity contribution in [3.05, 3.63) is 34.0 Å². The Labute approximate surface area is 99.9 Å². The van der Waals surface area contributed by atoms with Crippen molar-refractivity contribution in [2.75, 3.05) is 0 Å². The number of rotatable bonds is 1. The van der Waals surface area contributed by atoms with E-state index in [1.54, 1.807) is 6.07 Å². The van der Waals surface area contributed by atoms with Gasteiger partial charge in [0.25, 0.3) is 0 Å². The van der Waals surface area contributed by atoms with Crippen molar-refractivity contribution >= 4 is 22.5 Å². The topological polar surface area (TPSA) is 32.8 Å². The highest BCUT2D eigenvalue weighted by molar-refractivity contribution is 6.32. The molecule has 2 aromatic rings. The van der Waals surface area contributed by atoms with E-state index in [2.05, 4.69) is 4.98 Å². The van der Waals surface area contributed by atoms with Gasteiger partial charge in [-0.3, -0.25) is 10.1 Å². The first-order valence-electron chi connectivity index (χ1n) is 5.31. The van der Waals surface area contributed by atoms with Crippen LogP contribution in [-0.4, -0.2) is 4.98 Å². The van der Waals surface area contributed by atoms with Gasteiger partial charge in [0, 0.05) is 21.7 Å². The largest absolute Gasteiger partial charge is 0.289 e. The molecule has 0 spiro atoms. The molecule has 83 valence electrons. The molecular weight excluding hydrogens is 222 g/mol. The van der Waals surface area contributed by atoms with Crippen LogP contribution in [0.25, 0.3) is 10.9 Å². The van der Waals surface area contributed by atoms with Crippen LogP contribution in [0.1, 0.15) is 23.7 Å². The molecule has 0 unspecified atom stereocenters. The summed E-state index contributed by atoms with van der Waals surface area (Å²) in [5.74, 6) is 0.0451. The van der Waals surface area contributed by atoms with Crippen LogP contribution in [-0.2, 0) is 11.5 Å². The van der Waals surface area contributed by atoms with Crippen LogP contribution in [0, 0.1) is 13.8 Å². The van der Waals surface area contributed by atoms with Crippen molar-refractivity contribution in [2.45, 2.75) is 27.2 Å². The van der Waals surface area contributed by atoms with Gasteiger partial charge in [-0.05, 0) is 38.0 Å². The number of fused-ring (bicyclic) bond motifs is 1. The lowest BCUT2D eigenvalue weighted by molar-refractivity contribution is 0.356. The summed E-state index contributed by atoms with van der Waals surface area (Å²) in [5.41, 5.74) is 3.30. The van der Waals surface area contributed by atoms with Crippen LogP contribution in [0.15, 0.2) is 12.1 Å². The fraction of sp³-hybridized carbons (Fsp3) is 0.308. The molecule has 2 rings (SSSR count). The Balaban J connectivity index is 2.87. The molecule has 2 nitrogen and oxygen atoms in total. The Morgan fingerprint density at radius 1 is 1.31 bits per heavy atom. The monoisotopic (exact) mass is 234 g/mol. The maximum absolute atomic E-state index is 12.1. The summed E-state index contributed by atoms with van der Waals surface area (Å²) < 4.78 is 0. The van der Waals surface area contributed by atoms with E-state index in [4.69, 9.17) is 11.6 Å². The fourth-order valence-corrected chi connectivity index (χ4v) is 2.01. The lowest BCUT2D eigenvalue weighted by Crippen LogP contribution is -1.94. The average Bonchev–Trinajstić information content (AvgIpc) is 2.26. The molecule has 1 heterocycles. The second-order valence-corrected chi connectivity index (χ2v) is 4.39. The Morgan fingerprint density at radius 2 is 2.00 bits per heavy atom. The molecule has 3 heteroatoms. The Hall–Kier alpha value is -1.28. The molecule has 1 aromatic carbocycles. The van der Waals surface area contributed by atoms with Gasteiger partial charge in [0.2, 0.25) is 0 Å². The van der Waals surface area contributed by atoms with E-state index in [-0.39, 0.29) is 5.75 Å². The van der Waals surface area contributed by atoms with E-state index >= 15 is 0 Å². The van der Waals surface area contributed by atoms with Crippen LogP contribution < -0.4 is 0 Å². The zero-order valence-electron chi connectivity index (χ0n) is 9.60. The van der Waals surface area contributed by atoms with E-state index < -0.39 is 0 Å². The van der Waals surface area contributed by atoms with Crippen LogP contribution in [0.5, 0.6) is 5.75 Å². The third kappa shape index (κ3) is 1.63. The standard InChI is InChI=1S/C13H13ClNO/c1-4-11-8(3)13(16)9-6-10(14)7(2)5-12(9)15-11/h5-6H,4H2,1-3H3. The Kier molecular flexibility index (Phi) is 2.76. The molecular formula is C13H13ClNO. The normalized spacial score (nSPS) is 11.0. The minimum absolute atomic E-state index is 0.0451. The van der Waals surface area contributed by atoms with E-state index in [1.807, 2.05) is 26.8 Å². The average molecular weight is 235 g/mol. The minimum atomic E-state index is 0.0451. The lowest BCUT2D eigenvalue weighted by Gasteiger charge is -2.08. The maximum Gasteiger partial charge on any atom is 0.192 e. The molecule has 0 fully saturated rings. The summed E-state index contributed by atoms with van der Waals surface area (Å²) in [6, 6.07) is 3.59. The van der Waals surface area contributed by atoms with Gasteiger partial charge in [0.1, 0.15) is 0 Å². The van der Waals surface area contributed by atoms with Crippen LogP contribution in [0.3, 0.4) is 0 Å². The zero-order valence-corrected chi connectivity index (χ0v) is 10.4. The van der Waals surface area contributed by atoms with Gasteiger partial charge in [-0.15, -0.1) is 0 Å². The molecule has 1 aromatic heterocycles. The number of aryl methyl sites for hydroxylation is 2. The summed E-state index contributed by atoms with van der Waals surface area (Å²) >= 11 is 6.02. The van der Waals surface area contributed by atoms with Crippen molar-refractivity contribution in [2.24, 2.45) is 0 Å². The number of pyridine rings is 1. The number of nitrogens with zero attached hydrogens (tertiary/aromatic N) is 1. The van der Waals surface area contributed by atoms with Gasteiger partial charge in [-0.25, -0.2) is 0 Å². The summed E-state index contributed by atoms with van der Waals surface area (Å²) in [4.78, 5) is 4.50. The van der Waals surface area contributed by atoms with E-state index in [0.29, 0.717) is 10.4 Å². The number of halogens is 1. The van der Waals surface area contributed by atoms with Gasteiger partial charge in [-0.2, -0.15) is 0 Å². The van der Waals surface area contributed by atoms with Crippen molar-refractivity contribution in [3.63, 3.8) is 0 Å². The molecule has 0 aliphatic heterocycles. The van der Waals surface area contributed by atoms with Crippen LogP contribution in [0.4, 0.5) is 0 Å². The quantitative estimate of drug-likeness (QED) is 0.728. The second-order valence-electron chi connectivity index (χ2n) is 3.98. The molecule has 16 heavy (non-hydrogen) atoms. The third-order valence-electron chi connectivity index (χ3n) is 2.89. The minimum Gasteiger partial charge on any atom is -0.289 e. The van der Waals surface area contributed by atoms with E-state index in [1.165, 1.54) is 0 Å². The number of aromatic nitrogens is 1. The summed E-state index contributed by atoms with van der Waals surface area (Å²) in [7, 11) is 0. The van der Waals surface area contributed by atoms with Crippen LogP contribution in [0.2, 0.25) is 5.02 Å². The van der Waals surface area contributed by atoms with Gasteiger partial charge in [0.05, 0.1) is 5.52 Å². The van der Waals surface area contributed by atoms with Crippen molar-refractivity contribution in [1.29, 1.82) is 0 Å². The molecule has 0 amide bonds. The first kappa shape index (κ1) is 11.2. The van der Waals surface area contributed by atoms with Gasteiger partial charge < -0.3 is 0 Å². The number of hydrogen-bond acceptors (Lipinski definition) is 1. The molecule has 0 saturated heterocycles. The van der Waals surface area contributed by atoms with Crippen LogP contribution >= 0.6 is 11.6 Å². The summed E-state index contributed by atoms with van der Waals surface area (Å²) in [6.07, 6.45) is 0.776. The Bertz CT molecular complexity index is 564. The van der Waals surface area contributed by atoms with Crippen molar-refractivity contribution in [1.82, 2.24) is 4.98 Å². The smallest absolute Gasteiger partial charge is 0.192 e. The molecule has 0 saturated carbocycles. The fourth-order valence-electron chi connectivity index (χ4n) is 1.85. The first-order chi connectivity index (χ1) is 7.54. The first-order valence-corrected chi connectivity index (χ1v) is 5.68. The lowest BCUT2D eigenvalue weighted by atomic mass is 10.1. The molecule has 0 N–H and O–H groups in total. The molecule has 0 aliphatic rings. The highest BCUT2D eigenvalue weighted by Crippen LogP contribution is 2.33. The predicted octanol–water partition coefficient (Wildman–Crippen LogP) is 4.21. The van der Waals surface area contributed by atoms with Gasteiger partial charge in [-0.1, -0.05) is 18.5 Å². The van der Waals surface area contributed by atoms with E-state index in [0.717, 1.165) is 28.8 Å². The SMILES string of the molecule is CCc1nc2cc(C)c(Cl)cc2c([O])c1C. The zero-order chi connectivity index (χ0) is 11.9. The third-order valence-corrected chi connectivity index (χ3v) is 3.29. The second kappa shape index (κ2) is 3.95. The number of benzene rings is 1. The molecule has 0 atom stereocenters. The molecule has 0 aliphatic carbocycles.